The summed E-state index contributed by atoms with van der Waals surface area (Å²) in [7, 11) is 0. The molecule has 0 radical (unpaired) electrons. The van der Waals surface area contributed by atoms with Gasteiger partial charge in [0.2, 0.25) is 5.91 Å². The van der Waals surface area contributed by atoms with Gasteiger partial charge >= 0.3 is 0 Å². The summed E-state index contributed by atoms with van der Waals surface area (Å²) >= 11 is 0. The topological polar surface area (TPSA) is 117 Å². The predicted molar refractivity (Wildman–Crippen MR) is 109 cm³/mol. The minimum Gasteiger partial charge on any atom is -0.384 e. The molecule has 3 rings (SSSR count). The zero-order valence-electron chi connectivity index (χ0n) is 16.2. The van der Waals surface area contributed by atoms with Gasteiger partial charge in [-0.05, 0) is 25.8 Å². The molecule has 0 unspecified atom stereocenters. The Morgan fingerprint density at radius 2 is 2.00 bits per heavy atom. The summed E-state index contributed by atoms with van der Waals surface area (Å²) in [5, 5.41) is 10.3. The summed E-state index contributed by atoms with van der Waals surface area (Å²) in [4.78, 5) is 32.1. The summed E-state index contributed by atoms with van der Waals surface area (Å²) in [6.07, 6.45) is 2.80. The van der Waals surface area contributed by atoms with Crippen molar-refractivity contribution in [3.05, 3.63) is 57.8 Å². The maximum atomic E-state index is 13.0. The number of hydrogen-bond acceptors (Lipinski definition) is 5. The third kappa shape index (κ3) is 3.76. The number of hydrogen-bond donors (Lipinski definition) is 3. The third-order valence-corrected chi connectivity index (χ3v) is 5.14. The van der Waals surface area contributed by atoms with Crippen molar-refractivity contribution in [1.29, 1.82) is 5.41 Å². The van der Waals surface area contributed by atoms with Crippen LogP contribution >= 0.6 is 0 Å². The van der Waals surface area contributed by atoms with Crippen molar-refractivity contribution in [2.45, 2.75) is 39.3 Å². The molecule has 0 fully saturated rings. The summed E-state index contributed by atoms with van der Waals surface area (Å²) < 4.78 is 1.54. The number of anilines is 1. The van der Waals surface area contributed by atoms with Crippen LogP contribution in [0.15, 0.2) is 35.3 Å². The van der Waals surface area contributed by atoms with Gasteiger partial charge in [0.25, 0.3) is 5.56 Å². The molecule has 0 spiro atoms. The average molecular weight is 382 g/mol. The van der Waals surface area contributed by atoms with Crippen molar-refractivity contribution < 1.29 is 4.79 Å². The fourth-order valence-electron chi connectivity index (χ4n) is 3.53. The second kappa shape index (κ2) is 8.24. The molecule has 8 heteroatoms. The molecule has 1 aliphatic rings. The number of nitrogen functional groups attached to an aromatic ring is 1. The van der Waals surface area contributed by atoms with E-state index in [0.717, 1.165) is 5.56 Å². The quantitative estimate of drug-likeness (QED) is 0.491. The Morgan fingerprint density at radius 3 is 2.61 bits per heavy atom. The second-order valence-electron chi connectivity index (χ2n) is 6.79. The maximum absolute atomic E-state index is 13.0. The first-order valence-corrected chi connectivity index (χ1v) is 9.52. The minimum atomic E-state index is -0.540. The molecule has 0 bridgehead atoms. The van der Waals surface area contributed by atoms with E-state index in [0.29, 0.717) is 49.6 Å². The zero-order chi connectivity index (χ0) is 20.3. The van der Waals surface area contributed by atoms with Crippen LogP contribution in [0.2, 0.25) is 0 Å². The van der Waals surface area contributed by atoms with E-state index in [4.69, 9.17) is 11.1 Å². The van der Waals surface area contributed by atoms with Crippen molar-refractivity contribution in [3.8, 4) is 0 Å². The van der Waals surface area contributed by atoms with Crippen LogP contribution in [0.4, 0.5) is 5.69 Å². The lowest BCUT2D eigenvalue weighted by Crippen LogP contribution is -2.38. The van der Waals surface area contributed by atoms with E-state index in [1.54, 1.807) is 22.9 Å². The van der Waals surface area contributed by atoms with Crippen LogP contribution in [-0.2, 0) is 17.8 Å². The summed E-state index contributed by atoms with van der Waals surface area (Å²) in [5.74, 6) is 0.482. The van der Waals surface area contributed by atoms with Gasteiger partial charge in [0.05, 0.1) is 6.20 Å². The van der Waals surface area contributed by atoms with Crippen molar-refractivity contribution >= 4 is 17.4 Å². The van der Waals surface area contributed by atoms with E-state index in [9.17, 15) is 9.59 Å². The van der Waals surface area contributed by atoms with E-state index in [1.165, 1.54) is 0 Å². The van der Waals surface area contributed by atoms with Gasteiger partial charge in [0.1, 0.15) is 23.4 Å². The first kappa shape index (κ1) is 19.6. The van der Waals surface area contributed by atoms with Crippen molar-refractivity contribution in [2.24, 2.45) is 5.73 Å². The number of aryl methyl sites for hydroxylation is 1. The third-order valence-electron chi connectivity index (χ3n) is 5.14. The number of carbonyl (C=O) groups excluding carboxylic acids is 1. The normalized spacial score (nSPS) is 15.1. The van der Waals surface area contributed by atoms with Crippen LogP contribution in [0.25, 0.3) is 0 Å². The molecule has 1 aliphatic heterocycles. The minimum absolute atomic E-state index is 0.00836. The van der Waals surface area contributed by atoms with Crippen LogP contribution in [0.5, 0.6) is 0 Å². The predicted octanol–water partition coefficient (Wildman–Crippen LogP) is 1.18. The molecule has 1 aromatic carbocycles. The smallest absolute Gasteiger partial charge is 0.277 e. The average Bonchev–Trinajstić information content (AvgIpc) is 3.14. The van der Waals surface area contributed by atoms with Crippen LogP contribution in [0, 0.1) is 5.41 Å². The van der Waals surface area contributed by atoms with Crippen LogP contribution < -0.4 is 21.5 Å². The van der Waals surface area contributed by atoms with Gasteiger partial charge < -0.3 is 16.0 Å². The highest BCUT2D eigenvalue weighted by molar-refractivity contribution is 5.94. The van der Waals surface area contributed by atoms with Gasteiger partial charge in [-0.15, -0.1) is 0 Å². The van der Waals surface area contributed by atoms with Gasteiger partial charge in [0.15, 0.2) is 0 Å². The molecule has 2 aromatic rings. The van der Waals surface area contributed by atoms with Crippen molar-refractivity contribution in [3.63, 3.8) is 0 Å². The first-order valence-electron chi connectivity index (χ1n) is 9.52. The molecule has 28 heavy (non-hydrogen) atoms. The largest absolute Gasteiger partial charge is 0.384 e. The highest BCUT2D eigenvalue weighted by Gasteiger charge is 2.31. The van der Waals surface area contributed by atoms with Crippen LogP contribution in [0.1, 0.15) is 43.3 Å². The monoisotopic (exact) mass is 382 g/mol. The van der Waals surface area contributed by atoms with Gasteiger partial charge in [0, 0.05) is 31.6 Å². The Morgan fingerprint density at radius 1 is 1.32 bits per heavy atom. The molecule has 2 heterocycles. The lowest BCUT2D eigenvalue weighted by atomic mass is 10.1. The molecule has 4 N–H and O–H groups in total. The molecule has 148 valence electrons. The number of benzene rings is 1. The van der Waals surface area contributed by atoms with Crippen molar-refractivity contribution in [2.75, 3.05) is 18.0 Å². The van der Waals surface area contributed by atoms with Crippen molar-refractivity contribution in [1.82, 2.24) is 14.9 Å². The number of amidine groups is 1. The van der Waals surface area contributed by atoms with Gasteiger partial charge in [-0.1, -0.05) is 24.3 Å². The Bertz CT molecular complexity index is 931. The first-order chi connectivity index (χ1) is 13.5. The van der Waals surface area contributed by atoms with E-state index in [1.807, 2.05) is 30.9 Å². The molecular weight excluding hydrogens is 356 g/mol. The van der Waals surface area contributed by atoms with Crippen LogP contribution in [-0.4, -0.2) is 34.4 Å². The Hall–Kier alpha value is -3.16. The molecule has 8 nitrogen and oxygen atoms in total. The summed E-state index contributed by atoms with van der Waals surface area (Å²) in [6.45, 7) is 5.74. The number of nitrogens with two attached hydrogens (primary N) is 1. The molecule has 1 amide bonds. The van der Waals surface area contributed by atoms with E-state index in [-0.39, 0.29) is 17.3 Å². The summed E-state index contributed by atoms with van der Waals surface area (Å²) in [6, 6.07) is 6.61. The highest BCUT2D eigenvalue weighted by Crippen LogP contribution is 2.24. The number of rotatable bonds is 7. The number of fused-ring (bicyclic) bond motifs is 1. The summed E-state index contributed by atoms with van der Waals surface area (Å²) in [5.41, 5.74) is 7.38. The molecule has 0 saturated carbocycles. The van der Waals surface area contributed by atoms with Crippen LogP contribution in [0.3, 0.4) is 0 Å². The lowest BCUT2D eigenvalue weighted by Gasteiger charge is -2.22. The molecule has 0 saturated heterocycles. The Labute approximate surface area is 163 Å². The lowest BCUT2D eigenvalue weighted by molar-refractivity contribution is -0.124. The molecule has 1 aromatic heterocycles. The SMILES string of the molecule is CCN(CC)c1cnc2n(c1=O)[C@H](C(=O)NCc1ccc(C(=N)N)cc1)CC2. The molecular formula is C20H26N6O2. The van der Waals surface area contributed by atoms with E-state index < -0.39 is 6.04 Å². The number of nitrogens with zero attached hydrogens (tertiary/aromatic N) is 3. The fourth-order valence-corrected chi connectivity index (χ4v) is 3.53. The Balaban J connectivity index is 1.75. The van der Waals surface area contributed by atoms with Gasteiger partial charge in [-0.25, -0.2) is 4.98 Å². The zero-order valence-corrected chi connectivity index (χ0v) is 16.2. The fraction of sp³-hybridized carbons (Fsp3) is 0.400. The second-order valence-corrected chi connectivity index (χ2v) is 6.79. The number of nitrogens with one attached hydrogen (secondary N) is 2. The van der Waals surface area contributed by atoms with Gasteiger partial charge in [-0.2, -0.15) is 0 Å². The van der Waals surface area contributed by atoms with E-state index in [2.05, 4.69) is 10.3 Å². The Kier molecular flexibility index (Phi) is 5.77. The highest BCUT2D eigenvalue weighted by atomic mass is 16.2. The number of carbonyl (C=O) groups is 1. The maximum Gasteiger partial charge on any atom is 0.277 e. The standard InChI is InChI=1S/C20H26N6O2/c1-3-25(4-2)16-12-23-17-10-9-15(26(17)20(16)28)19(27)24-11-13-5-7-14(8-6-13)18(21)22/h5-8,12,15H,3-4,9-11H2,1-2H3,(H3,21,22)(H,24,27)/t15-/m0/s1. The number of amides is 1. The number of aromatic nitrogens is 2. The molecule has 0 aliphatic carbocycles. The molecule has 1 atom stereocenters. The van der Waals surface area contributed by atoms with Gasteiger partial charge in [-0.3, -0.25) is 19.6 Å². The van der Waals surface area contributed by atoms with E-state index >= 15 is 0 Å².